The molecular weight excluding hydrogens is 528 g/mol. The molecule has 8 nitrogen and oxygen atoms in total. The van der Waals surface area contributed by atoms with Crippen molar-refractivity contribution in [1.29, 1.82) is 0 Å². The Morgan fingerprint density at radius 1 is 0.952 bits per heavy atom. The quantitative estimate of drug-likeness (QED) is 0.0910. The van der Waals surface area contributed by atoms with Crippen molar-refractivity contribution in [2.45, 2.75) is 118 Å². The van der Waals surface area contributed by atoms with E-state index in [9.17, 15) is 4.79 Å². The molecule has 1 aromatic carbocycles. The molecule has 0 spiro atoms. The Balaban J connectivity index is 1.14. The predicted molar refractivity (Wildman–Crippen MR) is 168 cm³/mol. The standard InChI is InChI=1S/C34H53N4O4/c1-6-38(7-2,8-3)19-15-13-11-9-10-12-14-16-20-40-26-29-25-37(36-35-29)24-28-22-33(39)41-32-23-31-27(21-30(28)32)17-18-34(4,5)42-31/h21-23,25H,6-20,24,26H2,1-5H3/q+1. The van der Waals surface area contributed by atoms with E-state index in [1.807, 2.05) is 12.3 Å². The molecule has 0 saturated heterocycles. The van der Waals surface area contributed by atoms with E-state index in [0.717, 1.165) is 53.8 Å². The molecule has 0 N–H and O–H groups in total. The van der Waals surface area contributed by atoms with Gasteiger partial charge in [0.05, 0.1) is 45.5 Å². The highest BCUT2D eigenvalue weighted by molar-refractivity contribution is 5.83. The number of fused-ring (bicyclic) bond motifs is 2. The van der Waals surface area contributed by atoms with Crippen molar-refractivity contribution in [2.75, 3.05) is 32.8 Å². The summed E-state index contributed by atoms with van der Waals surface area (Å²) in [6.07, 6.45) is 14.1. The first-order valence-electron chi connectivity index (χ1n) is 16.4. The Morgan fingerprint density at radius 3 is 2.36 bits per heavy atom. The minimum Gasteiger partial charge on any atom is -0.487 e. The monoisotopic (exact) mass is 581 g/mol. The number of ether oxygens (including phenoxy) is 2. The van der Waals surface area contributed by atoms with Crippen LogP contribution < -0.4 is 10.4 Å². The molecule has 0 radical (unpaired) electrons. The molecule has 1 aliphatic rings. The van der Waals surface area contributed by atoms with E-state index in [1.165, 1.54) is 75.6 Å². The summed E-state index contributed by atoms with van der Waals surface area (Å²) in [5, 5.41) is 9.47. The Hall–Kier alpha value is -2.71. The summed E-state index contributed by atoms with van der Waals surface area (Å²) in [5.41, 5.74) is 2.74. The van der Waals surface area contributed by atoms with Crippen LogP contribution in [0.5, 0.6) is 5.75 Å². The van der Waals surface area contributed by atoms with Gasteiger partial charge in [0.2, 0.25) is 0 Å². The van der Waals surface area contributed by atoms with Crippen molar-refractivity contribution in [3.63, 3.8) is 0 Å². The Morgan fingerprint density at radius 2 is 1.64 bits per heavy atom. The lowest BCUT2D eigenvalue weighted by Crippen LogP contribution is -2.48. The van der Waals surface area contributed by atoms with Gasteiger partial charge in [0.1, 0.15) is 22.6 Å². The van der Waals surface area contributed by atoms with Crippen molar-refractivity contribution in [3.05, 3.63) is 51.6 Å². The fraction of sp³-hybridized carbons (Fsp3) is 0.676. The maximum absolute atomic E-state index is 12.3. The second-order valence-electron chi connectivity index (χ2n) is 12.7. The van der Waals surface area contributed by atoms with Gasteiger partial charge in [-0.15, -0.1) is 5.10 Å². The first kappa shape index (κ1) is 32.2. The second-order valence-corrected chi connectivity index (χ2v) is 12.7. The van der Waals surface area contributed by atoms with Gasteiger partial charge in [-0.1, -0.05) is 37.3 Å². The van der Waals surface area contributed by atoms with Crippen molar-refractivity contribution in [3.8, 4) is 5.75 Å². The van der Waals surface area contributed by atoms with Gasteiger partial charge in [-0.3, -0.25) is 0 Å². The lowest BCUT2D eigenvalue weighted by molar-refractivity contribution is -0.923. The fourth-order valence-corrected chi connectivity index (χ4v) is 6.20. The van der Waals surface area contributed by atoms with Crippen LogP contribution >= 0.6 is 0 Å². The van der Waals surface area contributed by atoms with Crippen LogP contribution in [0.25, 0.3) is 11.0 Å². The number of quaternary nitrogens is 1. The lowest BCUT2D eigenvalue weighted by Gasteiger charge is -2.35. The van der Waals surface area contributed by atoms with Gasteiger partial charge in [0.15, 0.2) is 0 Å². The maximum atomic E-state index is 12.3. The number of benzene rings is 1. The molecule has 1 aliphatic heterocycles. The van der Waals surface area contributed by atoms with Crippen LogP contribution in [0.2, 0.25) is 0 Å². The molecule has 3 aromatic rings. The number of unbranched alkanes of at least 4 members (excludes halogenated alkanes) is 7. The highest BCUT2D eigenvalue weighted by Crippen LogP contribution is 2.36. The lowest BCUT2D eigenvalue weighted by atomic mass is 9.93. The SMILES string of the molecule is CC[N+](CC)(CC)CCCCCCCCCCOCc1cn(Cc2cc(=O)oc3cc4c(cc23)CCC(C)(C)O4)nn1. The molecule has 0 saturated carbocycles. The minimum absolute atomic E-state index is 0.220. The largest absolute Gasteiger partial charge is 0.487 e. The average Bonchev–Trinajstić information content (AvgIpc) is 3.41. The van der Waals surface area contributed by atoms with Crippen LogP contribution in [0.4, 0.5) is 0 Å². The Kier molecular flexibility index (Phi) is 11.6. The van der Waals surface area contributed by atoms with Crippen molar-refractivity contribution in [2.24, 2.45) is 0 Å². The van der Waals surface area contributed by atoms with Gasteiger partial charge >= 0.3 is 5.63 Å². The topological polar surface area (TPSA) is 79.4 Å². The van der Waals surface area contributed by atoms with Gasteiger partial charge in [0, 0.05) is 24.1 Å². The number of rotatable bonds is 18. The van der Waals surface area contributed by atoms with Crippen molar-refractivity contribution in [1.82, 2.24) is 15.0 Å². The molecule has 42 heavy (non-hydrogen) atoms. The molecule has 0 amide bonds. The van der Waals surface area contributed by atoms with E-state index < -0.39 is 0 Å². The highest BCUT2D eigenvalue weighted by atomic mass is 16.5. The molecule has 4 rings (SSSR count). The normalized spacial score (nSPS) is 14.7. The van der Waals surface area contributed by atoms with Crippen LogP contribution in [0.1, 0.15) is 109 Å². The van der Waals surface area contributed by atoms with Gasteiger partial charge in [-0.2, -0.15) is 0 Å². The molecule has 0 aliphatic carbocycles. The average molecular weight is 582 g/mol. The van der Waals surface area contributed by atoms with E-state index in [4.69, 9.17) is 13.9 Å². The summed E-state index contributed by atoms with van der Waals surface area (Å²) in [4.78, 5) is 12.3. The zero-order valence-corrected chi connectivity index (χ0v) is 26.8. The van der Waals surface area contributed by atoms with Crippen LogP contribution in [0.3, 0.4) is 0 Å². The minimum atomic E-state index is -0.377. The van der Waals surface area contributed by atoms with E-state index in [1.54, 1.807) is 10.7 Å². The summed E-state index contributed by atoms with van der Waals surface area (Å²) >= 11 is 0. The molecular formula is C34H53N4O4+. The van der Waals surface area contributed by atoms with Gasteiger partial charge < -0.3 is 18.4 Å². The van der Waals surface area contributed by atoms with Crippen LogP contribution in [0, 0.1) is 0 Å². The Labute approximate surface area is 252 Å². The van der Waals surface area contributed by atoms with Gasteiger partial charge in [0.25, 0.3) is 0 Å². The summed E-state index contributed by atoms with van der Waals surface area (Å²) in [6, 6.07) is 5.50. The molecule has 8 heteroatoms. The number of hydrogen-bond acceptors (Lipinski definition) is 6. The molecule has 0 fully saturated rings. The molecule has 3 heterocycles. The van der Waals surface area contributed by atoms with Crippen LogP contribution in [0.15, 0.2) is 33.6 Å². The van der Waals surface area contributed by atoms with E-state index in [2.05, 4.69) is 51.0 Å². The van der Waals surface area contributed by atoms with E-state index in [-0.39, 0.29) is 11.2 Å². The smallest absolute Gasteiger partial charge is 0.336 e. The summed E-state index contributed by atoms with van der Waals surface area (Å²) in [7, 11) is 0. The highest BCUT2D eigenvalue weighted by Gasteiger charge is 2.27. The number of aryl methyl sites for hydroxylation is 1. The van der Waals surface area contributed by atoms with Gasteiger partial charge in [-0.05, 0) is 83.9 Å². The second kappa shape index (κ2) is 15.1. The van der Waals surface area contributed by atoms with E-state index >= 15 is 0 Å². The molecule has 232 valence electrons. The number of nitrogens with zero attached hydrogens (tertiary/aromatic N) is 4. The maximum Gasteiger partial charge on any atom is 0.336 e. The van der Waals surface area contributed by atoms with Crippen LogP contribution in [-0.2, 0) is 24.3 Å². The Bertz CT molecular complexity index is 1320. The molecule has 0 unspecified atom stereocenters. The first-order valence-corrected chi connectivity index (χ1v) is 16.4. The zero-order valence-electron chi connectivity index (χ0n) is 26.8. The number of aromatic nitrogens is 3. The summed E-state index contributed by atoms with van der Waals surface area (Å²) in [6.45, 7) is 17.9. The fourth-order valence-electron chi connectivity index (χ4n) is 6.20. The predicted octanol–water partition coefficient (Wildman–Crippen LogP) is 7.05. The summed E-state index contributed by atoms with van der Waals surface area (Å²) < 4.78 is 20.6. The van der Waals surface area contributed by atoms with E-state index in [0.29, 0.717) is 18.7 Å². The molecule has 0 bridgehead atoms. The van der Waals surface area contributed by atoms with Gasteiger partial charge in [-0.25, -0.2) is 9.48 Å². The third-order valence-corrected chi connectivity index (χ3v) is 9.25. The number of hydrogen-bond donors (Lipinski definition) is 0. The molecule has 2 aromatic heterocycles. The van der Waals surface area contributed by atoms with Crippen molar-refractivity contribution < 1.29 is 18.4 Å². The zero-order chi connectivity index (χ0) is 30.0. The van der Waals surface area contributed by atoms with Crippen molar-refractivity contribution >= 4 is 11.0 Å². The summed E-state index contributed by atoms with van der Waals surface area (Å²) in [5.74, 6) is 0.798. The first-order chi connectivity index (χ1) is 20.3. The van der Waals surface area contributed by atoms with Crippen LogP contribution in [-0.4, -0.2) is 57.9 Å². The molecule has 0 atom stereocenters. The third kappa shape index (κ3) is 8.90. The third-order valence-electron chi connectivity index (χ3n) is 9.25.